The van der Waals surface area contributed by atoms with Crippen LogP contribution in [0, 0.1) is 6.92 Å². The largest absolute Gasteiger partial charge is 0.573 e. The molecule has 0 spiro atoms. The van der Waals surface area contributed by atoms with Crippen molar-refractivity contribution in [1.82, 2.24) is 4.98 Å². The van der Waals surface area contributed by atoms with E-state index in [1.54, 1.807) is 6.92 Å². The van der Waals surface area contributed by atoms with Gasteiger partial charge in [-0.2, -0.15) is 0 Å². The molecule has 0 fully saturated rings. The summed E-state index contributed by atoms with van der Waals surface area (Å²) in [6.45, 7) is 1.54. The second-order valence-electron chi connectivity index (χ2n) is 3.14. The van der Waals surface area contributed by atoms with Crippen molar-refractivity contribution in [2.75, 3.05) is 5.73 Å². The molecule has 0 aliphatic heterocycles. The zero-order chi connectivity index (χ0) is 11.9. The average molecular weight is 248 g/mol. The standard InChI is InChI=1S/C9H7F3N2OS/c1-4-6(15-9(10,11)12)3-2-5-7(4)16-8(13)14-5/h2-3H,1H3,(H2,13,14). The van der Waals surface area contributed by atoms with Gasteiger partial charge in [0, 0.05) is 5.56 Å². The van der Waals surface area contributed by atoms with E-state index < -0.39 is 6.36 Å². The van der Waals surface area contributed by atoms with E-state index in [-0.39, 0.29) is 5.75 Å². The van der Waals surface area contributed by atoms with Crippen LogP contribution in [0.4, 0.5) is 18.3 Å². The van der Waals surface area contributed by atoms with Gasteiger partial charge in [-0.05, 0) is 19.1 Å². The summed E-state index contributed by atoms with van der Waals surface area (Å²) in [5, 5.41) is 0.322. The number of rotatable bonds is 1. The third-order valence-electron chi connectivity index (χ3n) is 2.00. The number of benzene rings is 1. The first-order valence-corrected chi connectivity index (χ1v) is 5.10. The molecule has 16 heavy (non-hydrogen) atoms. The molecule has 0 atom stereocenters. The SMILES string of the molecule is Cc1c(OC(F)(F)F)ccc2nc(N)sc12. The summed E-state index contributed by atoms with van der Waals surface area (Å²) in [6.07, 6.45) is -4.69. The number of hydrogen-bond acceptors (Lipinski definition) is 4. The maximum Gasteiger partial charge on any atom is 0.573 e. The van der Waals surface area contributed by atoms with E-state index in [0.29, 0.717) is 20.9 Å². The number of halogens is 3. The minimum Gasteiger partial charge on any atom is -0.405 e. The quantitative estimate of drug-likeness (QED) is 0.843. The van der Waals surface area contributed by atoms with E-state index in [2.05, 4.69) is 9.72 Å². The minimum atomic E-state index is -4.69. The highest BCUT2D eigenvalue weighted by atomic mass is 32.1. The van der Waals surface area contributed by atoms with Gasteiger partial charge >= 0.3 is 6.36 Å². The Morgan fingerprint density at radius 3 is 2.69 bits per heavy atom. The molecule has 1 aromatic heterocycles. The van der Waals surface area contributed by atoms with E-state index >= 15 is 0 Å². The molecule has 0 aliphatic carbocycles. The topological polar surface area (TPSA) is 48.1 Å². The van der Waals surface area contributed by atoms with Gasteiger partial charge in [0.2, 0.25) is 0 Å². The van der Waals surface area contributed by atoms with Crippen molar-refractivity contribution in [3.63, 3.8) is 0 Å². The monoisotopic (exact) mass is 248 g/mol. The number of fused-ring (bicyclic) bond motifs is 1. The number of nitrogens with zero attached hydrogens (tertiary/aromatic N) is 1. The molecule has 86 valence electrons. The van der Waals surface area contributed by atoms with Gasteiger partial charge < -0.3 is 10.5 Å². The third kappa shape index (κ3) is 2.04. The smallest absolute Gasteiger partial charge is 0.405 e. The van der Waals surface area contributed by atoms with Crippen molar-refractivity contribution >= 4 is 26.7 Å². The van der Waals surface area contributed by atoms with E-state index in [9.17, 15) is 13.2 Å². The number of anilines is 1. The molecule has 0 bridgehead atoms. The molecule has 3 nitrogen and oxygen atoms in total. The number of nitrogen functional groups attached to an aromatic ring is 1. The van der Waals surface area contributed by atoms with Crippen molar-refractivity contribution < 1.29 is 17.9 Å². The summed E-state index contributed by atoms with van der Waals surface area (Å²) in [5.41, 5.74) is 6.45. The first-order valence-electron chi connectivity index (χ1n) is 4.28. The maximum atomic E-state index is 12.1. The lowest BCUT2D eigenvalue weighted by Gasteiger charge is -2.11. The maximum absolute atomic E-state index is 12.1. The van der Waals surface area contributed by atoms with Gasteiger partial charge in [-0.1, -0.05) is 11.3 Å². The first-order chi connectivity index (χ1) is 7.37. The van der Waals surface area contributed by atoms with Crippen LogP contribution in [0.5, 0.6) is 5.75 Å². The highest BCUT2D eigenvalue weighted by Crippen LogP contribution is 2.34. The highest BCUT2D eigenvalue weighted by Gasteiger charge is 2.32. The van der Waals surface area contributed by atoms with Crippen LogP contribution in [0.15, 0.2) is 12.1 Å². The Kier molecular flexibility index (Phi) is 2.42. The highest BCUT2D eigenvalue weighted by molar-refractivity contribution is 7.22. The van der Waals surface area contributed by atoms with Crippen molar-refractivity contribution in [2.45, 2.75) is 13.3 Å². The van der Waals surface area contributed by atoms with Crippen LogP contribution < -0.4 is 10.5 Å². The normalized spacial score (nSPS) is 12.0. The number of thiazole rings is 1. The number of nitrogens with two attached hydrogens (primary N) is 1. The van der Waals surface area contributed by atoms with Gasteiger partial charge in [-0.3, -0.25) is 0 Å². The molecule has 0 saturated heterocycles. The fourth-order valence-corrected chi connectivity index (χ4v) is 2.18. The molecule has 2 N–H and O–H groups in total. The summed E-state index contributed by atoms with van der Waals surface area (Å²) >= 11 is 1.14. The molecule has 7 heteroatoms. The lowest BCUT2D eigenvalue weighted by molar-refractivity contribution is -0.274. The molecular formula is C9H7F3N2OS. The Bertz CT molecular complexity index is 535. The van der Waals surface area contributed by atoms with Crippen LogP contribution in [0.2, 0.25) is 0 Å². The molecule has 0 unspecified atom stereocenters. The van der Waals surface area contributed by atoms with Gasteiger partial charge in [-0.25, -0.2) is 4.98 Å². The second kappa shape index (κ2) is 3.51. The van der Waals surface area contributed by atoms with Gasteiger partial charge in [0.15, 0.2) is 5.13 Å². The van der Waals surface area contributed by atoms with Gasteiger partial charge in [-0.15, -0.1) is 13.2 Å². The Labute approximate surface area is 92.7 Å². The van der Waals surface area contributed by atoms with E-state index in [4.69, 9.17) is 5.73 Å². The van der Waals surface area contributed by atoms with Gasteiger partial charge in [0.1, 0.15) is 5.75 Å². The van der Waals surface area contributed by atoms with E-state index in [1.807, 2.05) is 0 Å². The summed E-state index contributed by atoms with van der Waals surface area (Å²) in [6, 6.07) is 2.70. The predicted molar refractivity (Wildman–Crippen MR) is 55.5 cm³/mol. The van der Waals surface area contributed by atoms with Crippen molar-refractivity contribution in [1.29, 1.82) is 0 Å². The zero-order valence-corrected chi connectivity index (χ0v) is 8.95. The fraction of sp³-hybridized carbons (Fsp3) is 0.222. The average Bonchev–Trinajstić information content (AvgIpc) is 2.50. The molecule has 0 radical (unpaired) electrons. The summed E-state index contributed by atoms with van der Waals surface area (Å²) in [7, 11) is 0. The number of ether oxygens (including phenoxy) is 1. The van der Waals surface area contributed by atoms with Crippen LogP contribution in [-0.2, 0) is 0 Å². The second-order valence-corrected chi connectivity index (χ2v) is 4.17. The first kappa shape index (κ1) is 11.0. The van der Waals surface area contributed by atoms with E-state index in [0.717, 1.165) is 11.3 Å². The Morgan fingerprint density at radius 1 is 1.38 bits per heavy atom. The van der Waals surface area contributed by atoms with Gasteiger partial charge in [0.25, 0.3) is 0 Å². The Morgan fingerprint density at radius 2 is 2.06 bits per heavy atom. The lowest BCUT2D eigenvalue weighted by Crippen LogP contribution is -2.17. The van der Waals surface area contributed by atoms with Crippen LogP contribution in [-0.4, -0.2) is 11.3 Å². The number of hydrogen-bond donors (Lipinski definition) is 1. The van der Waals surface area contributed by atoms with Crippen LogP contribution in [0.3, 0.4) is 0 Å². The van der Waals surface area contributed by atoms with E-state index in [1.165, 1.54) is 12.1 Å². The van der Waals surface area contributed by atoms with Crippen molar-refractivity contribution in [3.8, 4) is 5.75 Å². The van der Waals surface area contributed by atoms with Crippen molar-refractivity contribution in [2.24, 2.45) is 0 Å². The fourth-order valence-electron chi connectivity index (χ4n) is 1.36. The number of aromatic nitrogens is 1. The molecule has 0 aliphatic rings. The number of aryl methyl sites for hydroxylation is 1. The summed E-state index contributed by atoms with van der Waals surface area (Å²) in [5.74, 6) is -0.219. The molecule has 1 heterocycles. The van der Waals surface area contributed by atoms with Crippen LogP contribution >= 0.6 is 11.3 Å². The summed E-state index contributed by atoms with van der Waals surface area (Å²) in [4.78, 5) is 3.97. The molecule has 1 aromatic carbocycles. The van der Waals surface area contributed by atoms with Gasteiger partial charge in [0.05, 0.1) is 10.2 Å². The minimum absolute atomic E-state index is 0.219. The predicted octanol–water partition coefficient (Wildman–Crippen LogP) is 3.09. The molecule has 0 amide bonds. The zero-order valence-electron chi connectivity index (χ0n) is 8.13. The van der Waals surface area contributed by atoms with Crippen LogP contribution in [0.25, 0.3) is 10.2 Å². The molecule has 2 aromatic rings. The number of alkyl halides is 3. The van der Waals surface area contributed by atoms with Crippen LogP contribution in [0.1, 0.15) is 5.56 Å². The Hall–Kier alpha value is -1.50. The van der Waals surface area contributed by atoms with Crippen molar-refractivity contribution in [3.05, 3.63) is 17.7 Å². The lowest BCUT2D eigenvalue weighted by atomic mass is 10.2. The summed E-state index contributed by atoms with van der Waals surface area (Å²) < 4.78 is 40.7. The molecule has 2 rings (SSSR count). The molecular weight excluding hydrogens is 241 g/mol. The Balaban J connectivity index is 2.52. The molecule has 0 saturated carbocycles. The third-order valence-corrected chi connectivity index (χ3v) is 3.02.